The SMILES string of the molecule is Nc1cc(OC2CCC(Nc3cc(C(=O)O)ncn3)CC2)c2nccnc2c1. The Morgan fingerprint density at radius 3 is 2.64 bits per heavy atom. The van der Waals surface area contributed by atoms with E-state index in [1.165, 1.54) is 12.4 Å². The molecule has 9 nitrogen and oxygen atoms in total. The molecule has 2 aromatic heterocycles. The van der Waals surface area contributed by atoms with Gasteiger partial charge in [-0.25, -0.2) is 19.7 Å². The van der Waals surface area contributed by atoms with Crippen molar-refractivity contribution in [3.05, 3.63) is 42.6 Å². The van der Waals surface area contributed by atoms with Gasteiger partial charge in [-0.15, -0.1) is 0 Å². The summed E-state index contributed by atoms with van der Waals surface area (Å²) in [5.74, 6) is 0.107. The third kappa shape index (κ3) is 3.93. The van der Waals surface area contributed by atoms with Gasteiger partial charge in [0.2, 0.25) is 0 Å². The molecule has 28 heavy (non-hydrogen) atoms. The summed E-state index contributed by atoms with van der Waals surface area (Å²) in [7, 11) is 0. The summed E-state index contributed by atoms with van der Waals surface area (Å²) < 4.78 is 6.18. The van der Waals surface area contributed by atoms with Crippen molar-refractivity contribution < 1.29 is 14.6 Å². The van der Waals surface area contributed by atoms with Crippen LogP contribution in [0.1, 0.15) is 36.2 Å². The largest absolute Gasteiger partial charge is 0.488 e. The van der Waals surface area contributed by atoms with Crippen LogP contribution in [0, 0.1) is 0 Å². The lowest BCUT2D eigenvalue weighted by molar-refractivity contribution is 0.0690. The van der Waals surface area contributed by atoms with Gasteiger partial charge in [0.25, 0.3) is 0 Å². The van der Waals surface area contributed by atoms with E-state index in [9.17, 15) is 4.79 Å². The molecule has 0 atom stereocenters. The average Bonchev–Trinajstić information content (AvgIpc) is 2.69. The molecule has 0 saturated heterocycles. The monoisotopic (exact) mass is 380 g/mol. The molecular formula is C19H20N6O3. The second-order valence-corrected chi connectivity index (χ2v) is 6.77. The number of nitrogens with zero attached hydrogens (tertiary/aromatic N) is 4. The minimum atomic E-state index is -1.07. The van der Waals surface area contributed by atoms with Crippen molar-refractivity contribution in [2.45, 2.75) is 37.8 Å². The molecule has 0 aliphatic heterocycles. The third-order valence-corrected chi connectivity index (χ3v) is 4.77. The van der Waals surface area contributed by atoms with Gasteiger partial charge in [-0.2, -0.15) is 0 Å². The van der Waals surface area contributed by atoms with E-state index in [-0.39, 0.29) is 17.8 Å². The zero-order valence-corrected chi connectivity index (χ0v) is 15.1. The molecular weight excluding hydrogens is 360 g/mol. The van der Waals surface area contributed by atoms with Gasteiger partial charge in [0, 0.05) is 36.3 Å². The summed E-state index contributed by atoms with van der Waals surface area (Å²) in [5.41, 5.74) is 7.95. The Hall–Kier alpha value is -3.49. The number of nitrogen functional groups attached to an aromatic ring is 1. The summed E-state index contributed by atoms with van der Waals surface area (Å²) in [4.78, 5) is 27.5. The van der Waals surface area contributed by atoms with Gasteiger partial charge in [-0.05, 0) is 31.7 Å². The van der Waals surface area contributed by atoms with Gasteiger partial charge in [-0.3, -0.25) is 4.98 Å². The molecule has 4 rings (SSSR count). The number of aromatic carboxylic acids is 1. The van der Waals surface area contributed by atoms with Crippen LogP contribution in [0.4, 0.5) is 11.5 Å². The van der Waals surface area contributed by atoms with Crippen LogP contribution in [0.25, 0.3) is 11.0 Å². The Morgan fingerprint density at radius 2 is 1.86 bits per heavy atom. The number of carbonyl (C=O) groups is 1. The summed E-state index contributed by atoms with van der Waals surface area (Å²) >= 11 is 0. The molecule has 1 aromatic carbocycles. The van der Waals surface area contributed by atoms with Crippen LogP contribution in [0.15, 0.2) is 36.9 Å². The quantitative estimate of drug-likeness (QED) is 0.570. The van der Waals surface area contributed by atoms with E-state index in [1.807, 2.05) is 0 Å². The minimum Gasteiger partial charge on any atom is -0.488 e. The number of carboxylic acids is 1. The second kappa shape index (κ2) is 7.63. The third-order valence-electron chi connectivity index (χ3n) is 4.77. The Bertz CT molecular complexity index is 1000. The van der Waals surface area contributed by atoms with E-state index in [0.717, 1.165) is 25.7 Å². The number of benzene rings is 1. The minimum absolute atomic E-state index is 0.0239. The van der Waals surface area contributed by atoms with E-state index in [1.54, 1.807) is 24.5 Å². The lowest BCUT2D eigenvalue weighted by Gasteiger charge is -2.30. The highest BCUT2D eigenvalue weighted by Crippen LogP contribution is 2.30. The van der Waals surface area contributed by atoms with Gasteiger partial charge in [-0.1, -0.05) is 0 Å². The molecule has 9 heteroatoms. The first-order valence-corrected chi connectivity index (χ1v) is 9.07. The molecule has 3 aromatic rings. The Balaban J connectivity index is 1.39. The van der Waals surface area contributed by atoms with E-state index in [2.05, 4.69) is 25.3 Å². The molecule has 0 spiro atoms. The van der Waals surface area contributed by atoms with Crippen molar-refractivity contribution in [2.24, 2.45) is 0 Å². The Kier molecular flexibility index (Phi) is 4.88. The molecule has 4 N–H and O–H groups in total. The fourth-order valence-corrected chi connectivity index (χ4v) is 3.42. The summed E-state index contributed by atoms with van der Waals surface area (Å²) in [6, 6.07) is 5.22. The summed E-state index contributed by atoms with van der Waals surface area (Å²) in [5, 5.41) is 12.3. The smallest absolute Gasteiger partial charge is 0.354 e. The van der Waals surface area contributed by atoms with Crippen LogP contribution < -0.4 is 15.8 Å². The first-order valence-electron chi connectivity index (χ1n) is 9.07. The van der Waals surface area contributed by atoms with Crippen molar-refractivity contribution in [2.75, 3.05) is 11.1 Å². The number of ether oxygens (including phenoxy) is 1. The second-order valence-electron chi connectivity index (χ2n) is 6.77. The van der Waals surface area contributed by atoms with Crippen LogP contribution in [-0.2, 0) is 0 Å². The number of aromatic nitrogens is 4. The van der Waals surface area contributed by atoms with Crippen LogP contribution in [-0.4, -0.2) is 43.2 Å². The molecule has 144 valence electrons. The number of nitrogens with one attached hydrogen (secondary N) is 1. The normalized spacial score (nSPS) is 19.3. The van der Waals surface area contributed by atoms with Gasteiger partial charge >= 0.3 is 5.97 Å². The van der Waals surface area contributed by atoms with E-state index in [0.29, 0.717) is 28.3 Å². The molecule has 0 bridgehead atoms. The number of fused-ring (bicyclic) bond motifs is 1. The topological polar surface area (TPSA) is 136 Å². The summed E-state index contributed by atoms with van der Waals surface area (Å²) in [6.45, 7) is 0. The zero-order valence-electron chi connectivity index (χ0n) is 15.1. The van der Waals surface area contributed by atoms with Crippen LogP contribution in [0.3, 0.4) is 0 Å². The highest BCUT2D eigenvalue weighted by atomic mass is 16.5. The average molecular weight is 380 g/mol. The first-order chi connectivity index (χ1) is 13.6. The van der Waals surface area contributed by atoms with Crippen molar-refractivity contribution in [3.63, 3.8) is 0 Å². The standard InChI is InChI=1S/C19H20N6O3/c20-11-7-14-18(22-6-5-21-14)16(8-11)28-13-3-1-12(2-4-13)25-17-9-15(19(26)27)23-10-24-17/h5-10,12-13H,1-4,20H2,(H,26,27)(H,23,24,25). The predicted octanol–water partition coefficient (Wildman–Crippen LogP) is 2.50. The number of hydrogen-bond acceptors (Lipinski definition) is 8. The number of nitrogens with two attached hydrogens (primary N) is 1. The van der Waals surface area contributed by atoms with Gasteiger partial charge in [0.05, 0.1) is 11.6 Å². The van der Waals surface area contributed by atoms with Crippen LogP contribution >= 0.6 is 0 Å². The maximum absolute atomic E-state index is 11.0. The highest BCUT2D eigenvalue weighted by Gasteiger charge is 2.24. The van der Waals surface area contributed by atoms with Crippen molar-refractivity contribution in [1.29, 1.82) is 0 Å². The zero-order chi connectivity index (χ0) is 19.5. The molecule has 1 fully saturated rings. The molecule has 2 heterocycles. The van der Waals surface area contributed by atoms with Gasteiger partial charge in [0.1, 0.15) is 23.4 Å². The molecule has 0 unspecified atom stereocenters. The van der Waals surface area contributed by atoms with Crippen molar-refractivity contribution in [3.8, 4) is 5.75 Å². The number of hydrogen-bond donors (Lipinski definition) is 3. The van der Waals surface area contributed by atoms with Gasteiger partial charge < -0.3 is 20.9 Å². The molecule has 1 aliphatic rings. The maximum atomic E-state index is 11.0. The molecule has 0 radical (unpaired) electrons. The van der Waals surface area contributed by atoms with E-state index >= 15 is 0 Å². The highest BCUT2D eigenvalue weighted by molar-refractivity contribution is 5.86. The molecule has 1 saturated carbocycles. The van der Waals surface area contributed by atoms with Gasteiger partial charge in [0.15, 0.2) is 5.69 Å². The lowest BCUT2D eigenvalue weighted by atomic mass is 9.93. The fraction of sp³-hybridized carbons (Fsp3) is 0.316. The lowest BCUT2D eigenvalue weighted by Crippen LogP contribution is -2.31. The van der Waals surface area contributed by atoms with E-state index in [4.69, 9.17) is 15.6 Å². The molecule has 0 amide bonds. The van der Waals surface area contributed by atoms with E-state index < -0.39 is 5.97 Å². The van der Waals surface area contributed by atoms with Crippen LogP contribution in [0.5, 0.6) is 5.75 Å². The maximum Gasteiger partial charge on any atom is 0.354 e. The Morgan fingerprint density at radius 1 is 1.07 bits per heavy atom. The molecule has 1 aliphatic carbocycles. The first kappa shape index (κ1) is 17.9. The predicted molar refractivity (Wildman–Crippen MR) is 103 cm³/mol. The van der Waals surface area contributed by atoms with Crippen molar-refractivity contribution >= 4 is 28.5 Å². The Labute approximate surface area is 161 Å². The van der Waals surface area contributed by atoms with Crippen LogP contribution in [0.2, 0.25) is 0 Å². The number of rotatable bonds is 5. The fourth-order valence-electron chi connectivity index (χ4n) is 3.42. The summed E-state index contributed by atoms with van der Waals surface area (Å²) in [6.07, 6.45) is 8.05. The van der Waals surface area contributed by atoms with Crippen molar-refractivity contribution in [1.82, 2.24) is 19.9 Å². The number of anilines is 2. The number of carboxylic acid groups (broad SMARTS) is 1.